The van der Waals surface area contributed by atoms with Crippen molar-refractivity contribution in [3.05, 3.63) is 35.4 Å². The summed E-state index contributed by atoms with van der Waals surface area (Å²) >= 11 is 0. The van der Waals surface area contributed by atoms with Crippen molar-refractivity contribution in [3.63, 3.8) is 0 Å². The number of aliphatic hydroxyl groups excluding tert-OH is 1. The monoisotopic (exact) mass is 340 g/mol. The van der Waals surface area contributed by atoms with Crippen molar-refractivity contribution >= 4 is 6.03 Å². The van der Waals surface area contributed by atoms with Gasteiger partial charge in [0, 0.05) is 30.7 Å². The fourth-order valence-corrected chi connectivity index (χ4v) is 2.68. The second kappa shape index (κ2) is 7.44. The highest BCUT2D eigenvalue weighted by Crippen LogP contribution is 2.42. The van der Waals surface area contributed by atoms with Gasteiger partial charge in [-0.15, -0.1) is 0 Å². The van der Waals surface area contributed by atoms with Crippen molar-refractivity contribution < 1.29 is 23.4 Å². The van der Waals surface area contributed by atoms with E-state index in [2.05, 4.69) is 10.6 Å². The summed E-state index contributed by atoms with van der Waals surface area (Å²) in [4.78, 5) is 11.8. The number of halogens is 2. The quantitative estimate of drug-likeness (QED) is 0.677. The SMILES string of the molecule is O=C(NCC(O)COCC1CC1)NC1CC1c1c(F)cccc1F. The minimum atomic E-state index is -0.770. The molecule has 1 aromatic carbocycles. The zero-order chi connectivity index (χ0) is 17.1. The van der Waals surface area contributed by atoms with Crippen molar-refractivity contribution in [2.45, 2.75) is 37.3 Å². The van der Waals surface area contributed by atoms with E-state index >= 15 is 0 Å². The number of aliphatic hydroxyl groups is 1. The molecule has 24 heavy (non-hydrogen) atoms. The molecule has 0 aromatic heterocycles. The molecule has 0 aliphatic heterocycles. The van der Waals surface area contributed by atoms with Crippen molar-refractivity contribution in [2.24, 2.45) is 5.92 Å². The normalized spacial score (nSPS) is 23.6. The Balaban J connectivity index is 1.35. The fraction of sp³-hybridized carbons (Fsp3) is 0.588. The highest BCUT2D eigenvalue weighted by molar-refractivity contribution is 5.75. The maximum Gasteiger partial charge on any atom is 0.315 e. The zero-order valence-electron chi connectivity index (χ0n) is 13.3. The lowest BCUT2D eigenvalue weighted by atomic mass is 10.1. The lowest BCUT2D eigenvalue weighted by molar-refractivity contribution is 0.0337. The fourth-order valence-electron chi connectivity index (χ4n) is 2.68. The van der Waals surface area contributed by atoms with Crippen LogP contribution in [0.25, 0.3) is 0 Å². The number of urea groups is 1. The molecular weight excluding hydrogens is 318 g/mol. The molecule has 2 fully saturated rings. The second-order valence-corrected chi connectivity index (χ2v) is 6.57. The van der Waals surface area contributed by atoms with Crippen LogP contribution in [0.2, 0.25) is 0 Å². The van der Waals surface area contributed by atoms with Gasteiger partial charge in [0.1, 0.15) is 11.6 Å². The van der Waals surface area contributed by atoms with Gasteiger partial charge < -0.3 is 20.5 Å². The molecule has 2 amide bonds. The Hall–Kier alpha value is -1.73. The summed E-state index contributed by atoms with van der Waals surface area (Å²) in [6.45, 7) is 0.909. The summed E-state index contributed by atoms with van der Waals surface area (Å²) in [7, 11) is 0. The van der Waals surface area contributed by atoms with E-state index in [4.69, 9.17) is 4.74 Å². The van der Waals surface area contributed by atoms with Crippen LogP contribution in [-0.2, 0) is 4.74 Å². The average Bonchev–Trinajstić information content (AvgIpc) is 3.43. The minimum Gasteiger partial charge on any atom is -0.389 e. The summed E-state index contributed by atoms with van der Waals surface area (Å²) in [5.74, 6) is -0.899. The maximum absolute atomic E-state index is 13.7. The van der Waals surface area contributed by atoms with Crippen LogP contribution in [0.5, 0.6) is 0 Å². The van der Waals surface area contributed by atoms with Crippen molar-refractivity contribution in [1.29, 1.82) is 0 Å². The standard InChI is InChI=1S/C17H22F2N2O3/c18-13-2-1-3-14(19)16(13)12-6-15(12)21-17(23)20-7-11(22)9-24-8-10-4-5-10/h1-3,10-12,15,22H,4-9H2,(H2,20,21,23). The van der Waals surface area contributed by atoms with E-state index in [1.165, 1.54) is 31.0 Å². The van der Waals surface area contributed by atoms with Gasteiger partial charge in [0.15, 0.2) is 0 Å². The number of rotatable bonds is 8. The van der Waals surface area contributed by atoms with Gasteiger partial charge in [-0.25, -0.2) is 13.6 Å². The van der Waals surface area contributed by atoms with Crippen LogP contribution in [0.15, 0.2) is 18.2 Å². The molecule has 1 aromatic rings. The van der Waals surface area contributed by atoms with E-state index in [1.54, 1.807) is 0 Å². The van der Waals surface area contributed by atoms with Crippen LogP contribution in [0.4, 0.5) is 13.6 Å². The van der Waals surface area contributed by atoms with Gasteiger partial charge in [-0.05, 0) is 37.3 Å². The number of carbonyl (C=O) groups is 1. The highest BCUT2D eigenvalue weighted by Gasteiger charge is 2.42. The van der Waals surface area contributed by atoms with E-state index in [0.29, 0.717) is 18.9 Å². The number of benzene rings is 1. The molecule has 2 saturated carbocycles. The molecule has 3 unspecified atom stereocenters. The number of hydrogen-bond donors (Lipinski definition) is 3. The lowest BCUT2D eigenvalue weighted by Gasteiger charge is -2.13. The zero-order valence-corrected chi connectivity index (χ0v) is 13.3. The third kappa shape index (κ3) is 4.64. The van der Waals surface area contributed by atoms with Crippen LogP contribution < -0.4 is 10.6 Å². The van der Waals surface area contributed by atoms with Gasteiger partial charge >= 0.3 is 6.03 Å². The first-order chi connectivity index (χ1) is 11.5. The van der Waals surface area contributed by atoms with Gasteiger partial charge in [-0.1, -0.05) is 6.07 Å². The molecule has 132 valence electrons. The van der Waals surface area contributed by atoms with Crippen molar-refractivity contribution in [2.75, 3.05) is 19.8 Å². The van der Waals surface area contributed by atoms with E-state index in [0.717, 1.165) is 0 Å². The first-order valence-electron chi connectivity index (χ1n) is 8.28. The van der Waals surface area contributed by atoms with Gasteiger partial charge in [-0.3, -0.25) is 0 Å². The first kappa shape index (κ1) is 17.1. The van der Waals surface area contributed by atoms with Gasteiger partial charge in [0.05, 0.1) is 12.7 Å². The van der Waals surface area contributed by atoms with E-state index in [-0.39, 0.29) is 30.7 Å². The maximum atomic E-state index is 13.7. The van der Waals surface area contributed by atoms with E-state index in [9.17, 15) is 18.7 Å². The number of hydrogen-bond acceptors (Lipinski definition) is 3. The van der Waals surface area contributed by atoms with Crippen LogP contribution in [0.3, 0.4) is 0 Å². The molecule has 3 N–H and O–H groups in total. The third-order valence-electron chi connectivity index (χ3n) is 4.34. The lowest BCUT2D eigenvalue weighted by Crippen LogP contribution is -2.42. The van der Waals surface area contributed by atoms with Crippen LogP contribution in [-0.4, -0.2) is 43.0 Å². The summed E-state index contributed by atoms with van der Waals surface area (Å²) < 4.78 is 32.7. The Morgan fingerprint density at radius 2 is 2.04 bits per heavy atom. The van der Waals surface area contributed by atoms with Crippen molar-refractivity contribution in [3.8, 4) is 0 Å². The first-order valence-corrected chi connectivity index (χ1v) is 8.28. The Morgan fingerprint density at radius 1 is 1.33 bits per heavy atom. The van der Waals surface area contributed by atoms with Crippen LogP contribution in [0, 0.1) is 17.6 Å². The summed E-state index contributed by atoms with van der Waals surface area (Å²) in [6.07, 6.45) is 2.09. The Bertz CT molecular complexity index is 575. The molecule has 5 nitrogen and oxygen atoms in total. The van der Waals surface area contributed by atoms with Gasteiger partial charge in [0.25, 0.3) is 0 Å². The molecule has 0 heterocycles. The van der Waals surface area contributed by atoms with Crippen LogP contribution in [0.1, 0.15) is 30.7 Å². The molecule has 3 atom stereocenters. The summed E-state index contributed by atoms with van der Waals surface area (Å²) in [6, 6.07) is 3.00. The average molecular weight is 340 g/mol. The Kier molecular flexibility index (Phi) is 5.30. The minimum absolute atomic E-state index is 0.0244. The molecule has 0 radical (unpaired) electrons. The number of ether oxygens (including phenoxy) is 1. The Labute approximate surface area is 139 Å². The van der Waals surface area contributed by atoms with Gasteiger partial charge in [-0.2, -0.15) is 0 Å². The number of carbonyl (C=O) groups excluding carboxylic acids is 1. The molecule has 0 bridgehead atoms. The molecule has 7 heteroatoms. The van der Waals surface area contributed by atoms with Crippen molar-refractivity contribution in [1.82, 2.24) is 10.6 Å². The summed E-state index contributed by atoms with van der Waals surface area (Å²) in [5.41, 5.74) is 0.0244. The highest BCUT2D eigenvalue weighted by atomic mass is 19.1. The molecular formula is C17H22F2N2O3. The molecule has 3 rings (SSSR count). The predicted octanol–water partition coefficient (Wildman–Crippen LogP) is 1.91. The largest absolute Gasteiger partial charge is 0.389 e. The van der Waals surface area contributed by atoms with E-state index < -0.39 is 23.8 Å². The van der Waals surface area contributed by atoms with Crippen LogP contribution >= 0.6 is 0 Å². The van der Waals surface area contributed by atoms with Gasteiger partial charge in [0.2, 0.25) is 0 Å². The Morgan fingerprint density at radius 3 is 2.71 bits per heavy atom. The topological polar surface area (TPSA) is 70.6 Å². The van der Waals surface area contributed by atoms with E-state index in [1.807, 2.05) is 0 Å². The number of amides is 2. The molecule has 0 saturated heterocycles. The third-order valence-corrected chi connectivity index (χ3v) is 4.34. The molecule has 0 spiro atoms. The molecule has 2 aliphatic rings. The smallest absolute Gasteiger partial charge is 0.315 e. The molecule has 2 aliphatic carbocycles. The summed E-state index contributed by atoms with van der Waals surface area (Å²) in [5, 5.41) is 14.9. The second-order valence-electron chi connectivity index (χ2n) is 6.57. The predicted molar refractivity (Wildman–Crippen MR) is 83.6 cm³/mol. The number of nitrogens with one attached hydrogen (secondary N) is 2.